The predicted molar refractivity (Wildman–Crippen MR) is 115 cm³/mol. The third-order valence-corrected chi connectivity index (χ3v) is 6.40. The number of hydrogen-bond donors (Lipinski definition) is 3. The van der Waals surface area contributed by atoms with E-state index in [0.29, 0.717) is 17.1 Å². The zero-order valence-corrected chi connectivity index (χ0v) is 17.9. The number of para-hydroxylation sites is 2. The van der Waals surface area contributed by atoms with Crippen molar-refractivity contribution in [2.24, 2.45) is 5.73 Å². The van der Waals surface area contributed by atoms with Gasteiger partial charge in [0.25, 0.3) is 21.8 Å². The molecule has 162 valence electrons. The Kier molecular flexibility index (Phi) is 5.97. The maximum atomic E-state index is 13.0. The first-order valence-electron chi connectivity index (χ1n) is 9.05. The highest BCUT2D eigenvalue weighted by atomic mass is 32.2. The van der Waals surface area contributed by atoms with E-state index in [4.69, 9.17) is 10.5 Å². The van der Waals surface area contributed by atoms with E-state index < -0.39 is 21.8 Å². The van der Waals surface area contributed by atoms with Gasteiger partial charge in [-0.25, -0.2) is 8.42 Å². The minimum absolute atomic E-state index is 0.00484. The van der Waals surface area contributed by atoms with Crippen molar-refractivity contribution in [1.82, 2.24) is 10.2 Å². The van der Waals surface area contributed by atoms with Gasteiger partial charge in [0, 0.05) is 12.6 Å². The molecule has 1 heterocycles. The first kappa shape index (κ1) is 21.8. The van der Waals surface area contributed by atoms with Gasteiger partial charge in [-0.2, -0.15) is 5.10 Å². The number of aryl methyl sites for hydroxylation is 1. The highest BCUT2D eigenvalue weighted by molar-refractivity contribution is 7.92. The van der Waals surface area contributed by atoms with Crippen LogP contribution in [0.4, 0.5) is 11.4 Å². The summed E-state index contributed by atoms with van der Waals surface area (Å²) in [6.07, 6.45) is 0. The number of aromatic nitrogens is 2. The van der Waals surface area contributed by atoms with Crippen molar-refractivity contribution < 1.29 is 22.7 Å². The van der Waals surface area contributed by atoms with Crippen LogP contribution in [0.1, 0.15) is 26.5 Å². The van der Waals surface area contributed by atoms with Crippen LogP contribution < -0.4 is 20.1 Å². The maximum absolute atomic E-state index is 13.0. The third-order valence-electron chi connectivity index (χ3n) is 4.62. The largest absolute Gasteiger partial charge is 0.495 e. The summed E-state index contributed by atoms with van der Waals surface area (Å²) < 4.78 is 32.4. The van der Waals surface area contributed by atoms with Crippen molar-refractivity contribution in [2.45, 2.75) is 11.8 Å². The first-order valence-corrected chi connectivity index (χ1v) is 10.5. The molecule has 0 spiro atoms. The minimum atomic E-state index is -3.90. The number of nitrogens with zero attached hydrogens (tertiary/aromatic N) is 2. The molecule has 4 N–H and O–H groups in total. The van der Waals surface area contributed by atoms with Crippen LogP contribution in [-0.4, -0.2) is 44.6 Å². The first-order chi connectivity index (χ1) is 14.7. The monoisotopic (exact) mass is 443 g/mol. The number of sulfonamides is 1. The fourth-order valence-corrected chi connectivity index (χ4v) is 4.11. The Morgan fingerprint density at radius 1 is 1.13 bits per heavy atom. The highest BCUT2D eigenvalue weighted by Gasteiger charge is 2.24. The lowest BCUT2D eigenvalue weighted by Crippen LogP contribution is -2.27. The molecule has 0 aliphatic carbocycles. The van der Waals surface area contributed by atoms with Crippen LogP contribution >= 0.6 is 0 Å². The normalized spacial score (nSPS) is 11.1. The van der Waals surface area contributed by atoms with Crippen molar-refractivity contribution in [2.75, 3.05) is 23.8 Å². The molecular formula is C20H21N5O5S. The van der Waals surface area contributed by atoms with Gasteiger partial charge in [0.05, 0.1) is 29.1 Å². The molecule has 0 unspecified atom stereocenters. The van der Waals surface area contributed by atoms with E-state index in [1.54, 1.807) is 31.2 Å². The summed E-state index contributed by atoms with van der Waals surface area (Å²) in [5, 5.41) is 8.91. The molecule has 0 saturated heterocycles. The molecule has 2 aromatic carbocycles. The third kappa shape index (κ3) is 4.21. The van der Waals surface area contributed by atoms with Gasteiger partial charge in [-0.3, -0.25) is 19.0 Å². The van der Waals surface area contributed by atoms with Crippen molar-refractivity contribution >= 4 is 33.2 Å². The van der Waals surface area contributed by atoms with Crippen LogP contribution in [0.2, 0.25) is 0 Å². The molecule has 2 amide bonds. The number of nitrogens with one attached hydrogen (secondary N) is 2. The number of ether oxygens (including phenoxy) is 1. The number of rotatable bonds is 7. The zero-order valence-electron chi connectivity index (χ0n) is 17.0. The summed E-state index contributed by atoms with van der Waals surface area (Å²) in [6.45, 7) is 1.62. The Morgan fingerprint density at radius 3 is 2.39 bits per heavy atom. The van der Waals surface area contributed by atoms with Gasteiger partial charge < -0.3 is 15.8 Å². The molecule has 3 rings (SSSR count). The van der Waals surface area contributed by atoms with Gasteiger partial charge in [0.1, 0.15) is 5.75 Å². The molecule has 0 atom stereocenters. The number of amides is 2. The maximum Gasteiger partial charge on any atom is 0.271 e. The Morgan fingerprint density at radius 2 is 1.77 bits per heavy atom. The number of primary amides is 1. The van der Waals surface area contributed by atoms with E-state index in [0.717, 1.165) is 4.31 Å². The number of methoxy groups -OCH3 is 1. The van der Waals surface area contributed by atoms with E-state index in [2.05, 4.69) is 15.5 Å². The lowest BCUT2D eigenvalue weighted by Gasteiger charge is -2.21. The zero-order chi connectivity index (χ0) is 22.8. The second-order valence-electron chi connectivity index (χ2n) is 6.56. The Hall–Kier alpha value is -3.86. The fraction of sp³-hybridized carbons (Fsp3) is 0.150. The molecule has 0 aliphatic heterocycles. The van der Waals surface area contributed by atoms with E-state index in [1.807, 2.05) is 0 Å². The molecule has 3 aromatic rings. The number of H-pyrrole nitrogens is 1. The van der Waals surface area contributed by atoms with Crippen molar-refractivity contribution in [1.29, 1.82) is 0 Å². The van der Waals surface area contributed by atoms with Gasteiger partial charge in [0.15, 0.2) is 5.69 Å². The number of hydrogen-bond acceptors (Lipinski definition) is 6. The lowest BCUT2D eigenvalue weighted by molar-refractivity contribution is 0.0996. The highest BCUT2D eigenvalue weighted by Crippen LogP contribution is 2.31. The second-order valence-corrected chi connectivity index (χ2v) is 8.53. The van der Waals surface area contributed by atoms with Crippen molar-refractivity contribution in [3.8, 4) is 5.75 Å². The Balaban J connectivity index is 1.85. The van der Waals surface area contributed by atoms with Gasteiger partial charge in [-0.05, 0) is 43.3 Å². The molecular weight excluding hydrogens is 422 g/mol. The standard InChI is InChI=1S/C20H21N5O5S/c1-12-17(18(19(21)26)24-23-12)22-20(27)13-8-10-14(11-9-13)31(28,29)25(2)15-6-4-5-7-16(15)30-3/h4-11H,1-3H3,(H2,21,26)(H,22,27)(H,23,24). The molecule has 10 nitrogen and oxygen atoms in total. The average Bonchev–Trinajstić information content (AvgIpc) is 3.13. The van der Waals surface area contributed by atoms with Crippen LogP contribution in [0.25, 0.3) is 0 Å². The number of carbonyl (C=O) groups is 2. The van der Waals surface area contributed by atoms with Crippen LogP contribution in [-0.2, 0) is 10.0 Å². The molecule has 31 heavy (non-hydrogen) atoms. The second kappa shape index (κ2) is 8.48. The number of nitrogens with two attached hydrogens (primary N) is 1. The Labute approximate surface area is 179 Å². The van der Waals surface area contributed by atoms with Gasteiger partial charge in [-0.1, -0.05) is 12.1 Å². The van der Waals surface area contributed by atoms with Crippen molar-refractivity contribution in [3.05, 3.63) is 65.5 Å². The SMILES string of the molecule is COc1ccccc1N(C)S(=O)(=O)c1ccc(C(=O)Nc2c(C(N)=O)n[nH]c2C)cc1. The molecule has 0 saturated carbocycles. The van der Waals surface area contributed by atoms with Crippen LogP contribution in [0.3, 0.4) is 0 Å². The van der Waals surface area contributed by atoms with Gasteiger partial charge in [-0.15, -0.1) is 0 Å². The number of benzene rings is 2. The summed E-state index contributed by atoms with van der Waals surface area (Å²) in [6, 6.07) is 12.1. The van der Waals surface area contributed by atoms with E-state index in [1.165, 1.54) is 38.4 Å². The molecule has 0 aliphatic rings. The summed E-state index contributed by atoms with van der Waals surface area (Å²) in [4.78, 5) is 24.0. The summed E-state index contributed by atoms with van der Waals surface area (Å²) in [7, 11) is -1.02. The molecule has 0 bridgehead atoms. The predicted octanol–water partition coefficient (Wildman–Crippen LogP) is 1.90. The van der Waals surface area contributed by atoms with Crippen LogP contribution in [0.15, 0.2) is 53.4 Å². The van der Waals surface area contributed by atoms with Crippen molar-refractivity contribution in [3.63, 3.8) is 0 Å². The lowest BCUT2D eigenvalue weighted by atomic mass is 10.2. The van der Waals surface area contributed by atoms with E-state index >= 15 is 0 Å². The summed E-state index contributed by atoms with van der Waals surface area (Å²) in [5.41, 5.74) is 6.36. The van der Waals surface area contributed by atoms with Gasteiger partial charge in [0.2, 0.25) is 0 Å². The van der Waals surface area contributed by atoms with Crippen LogP contribution in [0, 0.1) is 6.92 Å². The molecule has 0 fully saturated rings. The number of carbonyl (C=O) groups excluding carboxylic acids is 2. The number of anilines is 2. The summed E-state index contributed by atoms with van der Waals surface area (Å²) >= 11 is 0. The Bertz CT molecular complexity index is 1240. The molecule has 0 radical (unpaired) electrons. The number of aromatic amines is 1. The quantitative estimate of drug-likeness (QED) is 0.508. The fourth-order valence-electron chi connectivity index (χ4n) is 2.90. The topological polar surface area (TPSA) is 147 Å². The molecule has 1 aromatic heterocycles. The minimum Gasteiger partial charge on any atom is -0.495 e. The van der Waals surface area contributed by atoms with Gasteiger partial charge >= 0.3 is 0 Å². The van der Waals surface area contributed by atoms with E-state index in [9.17, 15) is 18.0 Å². The average molecular weight is 443 g/mol. The van der Waals surface area contributed by atoms with Crippen LogP contribution in [0.5, 0.6) is 5.75 Å². The summed E-state index contributed by atoms with van der Waals surface area (Å²) in [5.74, 6) is -0.931. The molecule has 11 heteroatoms. The smallest absolute Gasteiger partial charge is 0.271 e. The van der Waals surface area contributed by atoms with E-state index in [-0.39, 0.29) is 21.8 Å².